The van der Waals surface area contributed by atoms with Gasteiger partial charge in [-0.3, -0.25) is 4.90 Å². The Balaban J connectivity index is 2.05. The van der Waals surface area contributed by atoms with Gasteiger partial charge in [0.1, 0.15) is 0 Å². The van der Waals surface area contributed by atoms with Crippen LogP contribution in [0.2, 0.25) is 0 Å². The van der Waals surface area contributed by atoms with Gasteiger partial charge in [0.25, 0.3) is 0 Å². The topological polar surface area (TPSA) is 29.3 Å². The number of nitrogens with two attached hydrogens (primary N) is 1. The number of nitrogens with zero attached hydrogens (tertiary/aromatic N) is 1. The number of hydrogen-bond acceptors (Lipinski definition) is 2. The molecule has 100 valence electrons. The molecule has 0 spiro atoms. The molecule has 0 radical (unpaired) electrons. The number of likely N-dealkylation sites (tertiary alicyclic amines) is 1. The van der Waals surface area contributed by atoms with E-state index in [2.05, 4.69) is 11.8 Å². The Morgan fingerprint density at radius 2 is 1.71 bits per heavy atom. The molecule has 2 unspecified atom stereocenters. The van der Waals surface area contributed by atoms with Crippen LogP contribution in [-0.4, -0.2) is 30.1 Å². The third-order valence-electron chi connectivity index (χ3n) is 5.10. The summed E-state index contributed by atoms with van der Waals surface area (Å²) in [5.74, 6) is 0.912. The predicted octanol–water partition coefficient (Wildman–Crippen LogP) is 3.16. The van der Waals surface area contributed by atoms with Crippen molar-refractivity contribution in [3.05, 3.63) is 0 Å². The Morgan fingerprint density at radius 1 is 1.00 bits per heavy atom. The summed E-state index contributed by atoms with van der Waals surface area (Å²) in [6.07, 6.45) is 12.5. The molecule has 0 amide bonds. The van der Waals surface area contributed by atoms with Crippen LogP contribution >= 0.6 is 0 Å². The van der Waals surface area contributed by atoms with E-state index in [-0.39, 0.29) is 0 Å². The number of rotatable bonds is 2. The largest absolute Gasteiger partial charge is 0.329 e. The molecule has 0 aromatic rings. The van der Waals surface area contributed by atoms with Crippen molar-refractivity contribution in [2.45, 2.75) is 70.3 Å². The fraction of sp³-hybridized carbons (Fsp3) is 1.00. The summed E-state index contributed by atoms with van der Waals surface area (Å²) in [7, 11) is 0. The van der Waals surface area contributed by atoms with Gasteiger partial charge in [-0.1, -0.05) is 32.6 Å². The van der Waals surface area contributed by atoms with Gasteiger partial charge in [0.15, 0.2) is 0 Å². The van der Waals surface area contributed by atoms with Crippen molar-refractivity contribution in [2.75, 3.05) is 19.6 Å². The molecule has 2 heteroatoms. The second-order valence-electron chi connectivity index (χ2n) is 6.37. The van der Waals surface area contributed by atoms with E-state index in [9.17, 15) is 0 Å². The predicted molar refractivity (Wildman–Crippen MR) is 74.1 cm³/mol. The second kappa shape index (κ2) is 6.19. The van der Waals surface area contributed by atoms with Gasteiger partial charge in [0, 0.05) is 12.1 Å². The van der Waals surface area contributed by atoms with Crippen LogP contribution in [0.4, 0.5) is 0 Å². The standard InChI is InChI=1S/C15H30N2/c1-14-7-6-9-15(13-16,10-8-14)17-11-4-2-3-5-12-17/h14H,2-13,16H2,1H3. The highest BCUT2D eigenvalue weighted by atomic mass is 15.2. The highest BCUT2D eigenvalue weighted by Crippen LogP contribution is 2.35. The van der Waals surface area contributed by atoms with E-state index < -0.39 is 0 Å². The van der Waals surface area contributed by atoms with Crippen LogP contribution in [0.3, 0.4) is 0 Å². The van der Waals surface area contributed by atoms with Gasteiger partial charge in [0.05, 0.1) is 0 Å². The summed E-state index contributed by atoms with van der Waals surface area (Å²) >= 11 is 0. The third-order valence-corrected chi connectivity index (χ3v) is 5.10. The normalized spacial score (nSPS) is 37.4. The summed E-state index contributed by atoms with van der Waals surface area (Å²) in [4.78, 5) is 2.76. The van der Waals surface area contributed by atoms with Crippen molar-refractivity contribution in [2.24, 2.45) is 11.7 Å². The SMILES string of the molecule is CC1CCCC(CN)(N2CCCCCC2)CC1. The Hall–Kier alpha value is -0.0800. The molecule has 17 heavy (non-hydrogen) atoms. The van der Waals surface area contributed by atoms with Crippen LogP contribution in [0.5, 0.6) is 0 Å². The lowest BCUT2D eigenvalue weighted by Crippen LogP contribution is -2.54. The third kappa shape index (κ3) is 3.23. The van der Waals surface area contributed by atoms with Crippen LogP contribution < -0.4 is 5.73 Å². The van der Waals surface area contributed by atoms with Crippen molar-refractivity contribution in [1.82, 2.24) is 4.90 Å². The molecular weight excluding hydrogens is 208 g/mol. The van der Waals surface area contributed by atoms with Crippen LogP contribution in [0.1, 0.15) is 64.7 Å². The monoisotopic (exact) mass is 238 g/mol. The molecule has 2 rings (SSSR count). The van der Waals surface area contributed by atoms with Gasteiger partial charge >= 0.3 is 0 Å². The summed E-state index contributed by atoms with van der Waals surface area (Å²) in [5.41, 5.74) is 6.55. The average molecular weight is 238 g/mol. The van der Waals surface area contributed by atoms with Crippen LogP contribution in [-0.2, 0) is 0 Å². The van der Waals surface area contributed by atoms with E-state index in [0.29, 0.717) is 5.54 Å². The molecule has 2 aliphatic rings. The zero-order valence-electron chi connectivity index (χ0n) is 11.6. The zero-order valence-corrected chi connectivity index (χ0v) is 11.6. The maximum absolute atomic E-state index is 6.19. The number of hydrogen-bond donors (Lipinski definition) is 1. The molecule has 1 aliphatic carbocycles. The molecule has 1 aliphatic heterocycles. The van der Waals surface area contributed by atoms with Crippen molar-refractivity contribution < 1.29 is 0 Å². The highest BCUT2D eigenvalue weighted by Gasteiger charge is 2.36. The first-order chi connectivity index (χ1) is 8.27. The zero-order chi connectivity index (χ0) is 12.1. The molecule has 2 atom stereocenters. The van der Waals surface area contributed by atoms with Gasteiger partial charge in [-0.05, 0) is 51.1 Å². The smallest absolute Gasteiger partial charge is 0.0331 e. The van der Waals surface area contributed by atoms with E-state index in [1.165, 1.54) is 70.9 Å². The van der Waals surface area contributed by atoms with Crippen LogP contribution in [0, 0.1) is 5.92 Å². The summed E-state index contributed by atoms with van der Waals surface area (Å²) in [6, 6.07) is 0. The first-order valence-corrected chi connectivity index (χ1v) is 7.72. The minimum Gasteiger partial charge on any atom is -0.329 e. The molecule has 0 aromatic heterocycles. The molecule has 2 fully saturated rings. The fourth-order valence-corrected chi connectivity index (χ4v) is 3.76. The van der Waals surface area contributed by atoms with Gasteiger partial charge in [-0.25, -0.2) is 0 Å². The van der Waals surface area contributed by atoms with Crippen molar-refractivity contribution in [1.29, 1.82) is 0 Å². The van der Waals surface area contributed by atoms with Gasteiger partial charge < -0.3 is 5.73 Å². The lowest BCUT2D eigenvalue weighted by atomic mass is 9.87. The molecule has 0 aromatic carbocycles. The quantitative estimate of drug-likeness (QED) is 0.749. The molecule has 0 bridgehead atoms. The molecule has 2 N–H and O–H groups in total. The Bertz CT molecular complexity index is 221. The summed E-state index contributed by atoms with van der Waals surface area (Å²) in [5, 5.41) is 0. The lowest BCUT2D eigenvalue weighted by Gasteiger charge is -2.43. The van der Waals surface area contributed by atoms with E-state index >= 15 is 0 Å². The van der Waals surface area contributed by atoms with E-state index in [1.54, 1.807) is 0 Å². The molecule has 1 saturated heterocycles. The van der Waals surface area contributed by atoms with Crippen LogP contribution in [0.25, 0.3) is 0 Å². The first-order valence-electron chi connectivity index (χ1n) is 7.72. The lowest BCUT2D eigenvalue weighted by molar-refractivity contribution is 0.0807. The van der Waals surface area contributed by atoms with Gasteiger partial charge in [-0.15, -0.1) is 0 Å². The van der Waals surface area contributed by atoms with Crippen molar-refractivity contribution in [3.8, 4) is 0 Å². The molecular formula is C15H30N2. The van der Waals surface area contributed by atoms with Gasteiger partial charge in [0.2, 0.25) is 0 Å². The van der Waals surface area contributed by atoms with Crippen molar-refractivity contribution in [3.63, 3.8) is 0 Å². The first kappa shape index (κ1) is 13.4. The maximum atomic E-state index is 6.19. The highest BCUT2D eigenvalue weighted by molar-refractivity contribution is 4.94. The Morgan fingerprint density at radius 3 is 2.35 bits per heavy atom. The minimum absolute atomic E-state index is 0.356. The molecule has 1 saturated carbocycles. The van der Waals surface area contributed by atoms with Crippen LogP contribution in [0.15, 0.2) is 0 Å². The molecule has 1 heterocycles. The van der Waals surface area contributed by atoms with Gasteiger partial charge in [-0.2, -0.15) is 0 Å². The van der Waals surface area contributed by atoms with E-state index in [0.717, 1.165) is 12.5 Å². The molecule has 2 nitrogen and oxygen atoms in total. The second-order valence-corrected chi connectivity index (χ2v) is 6.37. The van der Waals surface area contributed by atoms with E-state index in [4.69, 9.17) is 5.73 Å². The van der Waals surface area contributed by atoms with Crippen molar-refractivity contribution >= 4 is 0 Å². The fourth-order valence-electron chi connectivity index (χ4n) is 3.76. The Labute approximate surface area is 107 Å². The summed E-state index contributed by atoms with van der Waals surface area (Å²) < 4.78 is 0. The maximum Gasteiger partial charge on any atom is 0.0331 e. The Kier molecular flexibility index (Phi) is 4.87. The van der Waals surface area contributed by atoms with E-state index in [1.807, 2.05) is 0 Å². The minimum atomic E-state index is 0.356. The summed E-state index contributed by atoms with van der Waals surface area (Å²) in [6.45, 7) is 5.88. The average Bonchev–Trinajstić information content (AvgIpc) is 2.70.